The number of thiazole rings is 1. The smallest absolute Gasteiger partial charge is 0.406 e. The number of aliphatic imine (C=N–C) groups is 1. The maximum absolute atomic E-state index is 13.9. The van der Waals surface area contributed by atoms with E-state index in [4.69, 9.17) is 16.6 Å². The summed E-state index contributed by atoms with van der Waals surface area (Å²) in [6, 6.07) is 4.41. The lowest BCUT2D eigenvalue weighted by Crippen LogP contribution is -2.45. The molecule has 2 aliphatic heterocycles. The molecule has 2 aromatic heterocycles. The van der Waals surface area contributed by atoms with Gasteiger partial charge in [0.1, 0.15) is 17.5 Å². The lowest BCUT2D eigenvalue weighted by molar-refractivity contribution is 0.0541. The lowest BCUT2D eigenvalue weighted by Gasteiger charge is -2.32. The number of methoxy groups -OCH3 is 1. The largest absolute Gasteiger partial charge is 0.453 e. The maximum atomic E-state index is 13.9. The van der Waals surface area contributed by atoms with Gasteiger partial charge in [-0.2, -0.15) is 13.9 Å². The van der Waals surface area contributed by atoms with Gasteiger partial charge in [0.05, 0.1) is 25.9 Å². The number of carbonyl (C=O) groups is 1. The first-order chi connectivity index (χ1) is 17.7. The number of amides is 1. The van der Waals surface area contributed by atoms with Crippen LogP contribution in [0.4, 0.5) is 18.0 Å². The third-order valence-corrected chi connectivity index (χ3v) is 7.17. The highest BCUT2D eigenvalue weighted by Crippen LogP contribution is 2.48. The van der Waals surface area contributed by atoms with Gasteiger partial charge in [-0.1, -0.05) is 17.7 Å². The second-order valence-electron chi connectivity index (χ2n) is 8.51. The average molecular weight is 553 g/mol. The van der Waals surface area contributed by atoms with Crippen molar-refractivity contribution in [2.45, 2.75) is 24.6 Å². The number of ether oxygens (including phenoxy) is 1. The molecule has 2 atom stereocenters. The highest BCUT2D eigenvalue weighted by atomic mass is 35.5. The van der Waals surface area contributed by atoms with E-state index in [0.29, 0.717) is 32.4 Å². The van der Waals surface area contributed by atoms with Crippen molar-refractivity contribution in [2.75, 3.05) is 20.2 Å². The number of carbonyl (C=O) groups excluding carboxylic acids is 1. The van der Waals surface area contributed by atoms with E-state index in [1.165, 1.54) is 36.6 Å². The second kappa shape index (κ2) is 9.80. The SMILES string of the molecule is COC(=O)NC[C@@]1(O)CC2=C(c3ccn(C(F)F)n3)[C@H](c3ccc(F)cc3Cl)N=C(c3nccs3)N2C1. The Morgan fingerprint density at radius 2 is 2.22 bits per heavy atom. The molecule has 1 fully saturated rings. The molecule has 1 amide bonds. The Morgan fingerprint density at radius 1 is 1.41 bits per heavy atom. The normalized spacial score (nSPS) is 21.3. The number of alkyl carbamates (subject to hydrolysis) is 1. The minimum absolute atomic E-state index is 0.0214. The summed E-state index contributed by atoms with van der Waals surface area (Å²) in [5.41, 5.74) is 0.118. The van der Waals surface area contributed by atoms with E-state index in [1.54, 1.807) is 16.5 Å². The number of fused-ring (bicyclic) bond motifs is 1. The first-order valence-corrected chi connectivity index (χ1v) is 12.3. The van der Waals surface area contributed by atoms with Crippen LogP contribution in [-0.4, -0.2) is 62.5 Å². The number of nitrogens with zero attached hydrogens (tertiary/aromatic N) is 5. The molecule has 14 heteroatoms. The van der Waals surface area contributed by atoms with Gasteiger partial charge in [-0.25, -0.2) is 18.9 Å². The van der Waals surface area contributed by atoms with Crippen molar-refractivity contribution in [1.82, 2.24) is 25.0 Å². The molecule has 4 heterocycles. The number of hydrogen-bond donors (Lipinski definition) is 2. The number of halogens is 4. The molecule has 1 saturated heterocycles. The topological polar surface area (TPSA) is 105 Å². The molecule has 9 nitrogen and oxygen atoms in total. The molecule has 194 valence electrons. The Hall–Kier alpha value is -3.42. The molecule has 0 spiro atoms. The Kier molecular flexibility index (Phi) is 6.68. The molecule has 2 N–H and O–H groups in total. The van der Waals surface area contributed by atoms with E-state index < -0.39 is 30.1 Å². The van der Waals surface area contributed by atoms with Gasteiger partial charge >= 0.3 is 12.6 Å². The Morgan fingerprint density at radius 3 is 2.86 bits per heavy atom. The third kappa shape index (κ3) is 4.81. The molecular formula is C23H20ClF3N6O3S. The quantitative estimate of drug-likeness (QED) is 0.474. The lowest BCUT2D eigenvalue weighted by atomic mass is 9.91. The number of rotatable bonds is 6. The van der Waals surface area contributed by atoms with E-state index in [0.717, 1.165) is 12.3 Å². The molecule has 3 aromatic rings. The highest BCUT2D eigenvalue weighted by Gasteiger charge is 2.47. The van der Waals surface area contributed by atoms with Crippen molar-refractivity contribution < 1.29 is 27.8 Å². The molecule has 0 aliphatic carbocycles. The summed E-state index contributed by atoms with van der Waals surface area (Å²) < 4.78 is 45.8. The predicted molar refractivity (Wildman–Crippen MR) is 130 cm³/mol. The van der Waals surface area contributed by atoms with Crippen LogP contribution < -0.4 is 5.32 Å². The summed E-state index contributed by atoms with van der Waals surface area (Å²) in [6.07, 6.45) is 2.05. The number of nitrogens with one attached hydrogen (secondary N) is 1. The molecule has 0 saturated carbocycles. The summed E-state index contributed by atoms with van der Waals surface area (Å²) >= 11 is 7.75. The van der Waals surface area contributed by atoms with Crippen LogP contribution in [0.5, 0.6) is 0 Å². The number of hydrogen-bond acceptors (Lipinski definition) is 8. The molecular weight excluding hydrogens is 533 g/mol. The monoisotopic (exact) mass is 552 g/mol. The van der Waals surface area contributed by atoms with Crippen LogP contribution in [0.25, 0.3) is 5.57 Å². The molecule has 0 bridgehead atoms. The summed E-state index contributed by atoms with van der Waals surface area (Å²) in [5.74, 6) is -0.128. The predicted octanol–water partition coefficient (Wildman–Crippen LogP) is 4.23. The van der Waals surface area contributed by atoms with Gasteiger partial charge in [0, 0.05) is 46.1 Å². The zero-order chi connectivity index (χ0) is 26.3. The van der Waals surface area contributed by atoms with Gasteiger partial charge < -0.3 is 20.1 Å². The average Bonchev–Trinajstić information content (AvgIpc) is 3.62. The van der Waals surface area contributed by atoms with Gasteiger partial charge in [-0.3, -0.25) is 4.99 Å². The fourth-order valence-corrected chi connectivity index (χ4v) is 5.38. The number of alkyl halides is 2. The van der Waals surface area contributed by atoms with E-state index in [9.17, 15) is 23.1 Å². The Balaban J connectivity index is 1.69. The van der Waals surface area contributed by atoms with E-state index in [-0.39, 0.29) is 30.2 Å². The van der Waals surface area contributed by atoms with E-state index >= 15 is 0 Å². The number of benzene rings is 1. The number of amidine groups is 1. The summed E-state index contributed by atoms with van der Waals surface area (Å²) in [5, 5.41) is 20.4. The van der Waals surface area contributed by atoms with Crippen LogP contribution >= 0.6 is 22.9 Å². The van der Waals surface area contributed by atoms with E-state index in [1.807, 2.05) is 0 Å². The van der Waals surface area contributed by atoms with E-state index in [2.05, 4.69) is 20.1 Å². The third-order valence-electron chi connectivity index (χ3n) is 6.08. The van der Waals surface area contributed by atoms with Gasteiger partial charge in [0.25, 0.3) is 0 Å². The number of aromatic nitrogens is 3. The standard InChI is InChI=1S/C23H20ClF3N6O3S/c1-36-22(34)29-10-23(35)9-16-17(15-4-6-33(31-15)21(26)27)18(13-3-2-12(25)8-14(13)24)30-19(32(16)11-23)20-28-5-7-37-20/h2-8,18,21,35H,9-11H2,1H3,(H,29,34)/t18-,23-/m0/s1. The van der Waals surface area contributed by atoms with Crippen molar-refractivity contribution in [1.29, 1.82) is 0 Å². The minimum atomic E-state index is -2.87. The van der Waals surface area contributed by atoms with Crippen LogP contribution in [0, 0.1) is 5.82 Å². The van der Waals surface area contributed by atoms with Crippen LogP contribution in [-0.2, 0) is 4.74 Å². The van der Waals surface area contributed by atoms with Gasteiger partial charge in [0.2, 0.25) is 0 Å². The van der Waals surface area contributed by atoms with Gasteiger partial charge in [-0.05, 0) is 18.2 Å². The fraction of sp³-hybridized carbons (Fsp3) is 0.304. The summed E-state index contributed by atoms with van der Waals surface area (Å²) in [7, 11) is 1.21. The maximum Gasteiger partial charge on any atom is 0.406 e. The summed E-state index contributed by atoms with van der Waals surface area (Å²) in [4.78, 5) is 22.7. The first-order valence-electron chi connectivity index (χ1n) is 11.0. The molecule has 1 aromatic carbocycles. The van der Waals surface area contributed by atoms with Crippen LogP contribution in [0.1, 0.15) is 35.3 Å². The second-order valence-corrected chi connectivity index (χ2v) is 9.81. The van der Waals surface area contributed by atoms with Crippen LogP contribution in [0.15, 0.2) is 52.7 Å². The first kappa shape index (κ1) is 25.2. The molecule has 0 radical (unpaired) electrons. The van der Waals surface area contributed by atoms with Crippen molar-refractivity contribution in [3.63, 3.8) is 0 Å². The van der Waals surface area contributed by atoms with Gasteiger partial charge in [-0.15, -0.1) is 11.3 Å². The zero-order valence-corrected chi connectivity index (χ0v) is 20.8. The zero-order valence-electron chi connectivity index (χ0n) is 19.2. The summed E-state index contributed by atoms with van der Waals surface area (Å²) in [6.45, 7) is -3.00. The fourth-order valence-electron chi connectivity index (χ4n) is 4.47. The number of aliphatic hydroxyl groups is 1. The van der Waals surface area contributed by atoms with Crippen molar-refractivity contribution in [2.24, 2.45) is 4.99 Å². The Labute approximate surface area is 217 Å². The molecule has 0 unspecified atom stereocenters. The van der Waals surface area contributed by atoms with Crippen LogP contribution in [0.3, 0.4) is 0 Å². The Bertz CT molecular complexity index is 1400. The molecule has 2 aliphatic rings. The van der Waals surface area contributed by atoms with Crippen molar-refractivity contribution in [3.8, 4) is 0 Å². The van der Waals surface area contributed by atoms with Gasteiger partial charge in [0.15, 0.2) is 10.8 Å². The highest BCUT2D eigenvalue weighted by molar-refractivity contribution is 7.11. The van der Waals surface area contributed by atoms with Crippen molar-refractivity contribution in [3.05, 3.63) is 74.8 Å². The van der Waals surface area contributed by atoms with Crippen LogP contribution in [0.2, 0.25) is 5.02 Å². The minimum Gasteiger partial charge on any atom is -0.453 e. The molecule has 37 heavy (non-hydrogen) atoms. The van der Waals surface area contributed by atoms with Crippen molar-refractivity contribution >= 4 is 40.4 Å². The molecule has 5 rings (SSSR count).